The summed E-state index contributed by atoms with van der Waals surface area (Å²) in [5, 5.41) is 2.65. The number of rotatable bonds is 4. The van der Waals surface area contributed by atoms with Crippen molar-refractivity contribution < 1.29 is 17.9 Å². The van der Waals surface area contributed by atoms with Crippen LogP contribution in [0.5, 0.6) is 5.75 Å². The van der Waals surface area contributed by atoms with Crippen LogP contribution in [-0.4, -0.2) is 26.2 Å². The maximum Gasteiger partial charge on any atom is 0.265 e. The van der Waals surface area contributed by atoms with E-state index >= 15 is 0 Å². The zero-order valence-corrected chi connectivity index (χ0v) is 11.6. The third-order valence-corrected chi connectivity index (χ3v) is 4.16. The topological polar surface area (TPSA) is 84.5 Å². The molecule has 1 unspecified atom stereocenters. The predicted molar refractivity (Wildman–Crippen MR) is 72.9 cm³/mol. The van der Waals surface area contributed by atoms with Crippen LogP contribution in [0.4, 0.5) is 11.4 Å². The number of hydrogen-bond donors (Lipinski definition) is 2. The van der Waals surface area contributed by atoms with Gasteiger partial charge in [-0.25, -0.2) is 8.42 Å². The summed E-state index contributed by atoms with van der Waals surface area (Å²) in [5.74, 6) is 0.195. The fourth-order valence-electron chi connectivity index (χ4n) is 1.80. The molecule has 7 heteroatoms. The molecule has 1 aliphatic rings. The first-order chi connectivity index (χ1) is 8.93. The van der Waals surface area contributed by atoms with Gasteiger partial charge >= 0.3 is 0 Å². The summed E-state index contributed by atoms with van der Waals surface area (Å²) < 4.78 is 31.4. The van der Waals surface area contributed by atoms with Crippen LogP contribution in [0, 0.1) is 0 Å². The molecule has 0 fully saturated rings. The Balaban J connectivity index is 2.34. The molecule has 1 aromatic rings. The molecule has 1 aliphatic heterocycles. The molecule has 104 valence electrons. The van der Waals surface area contributed by atoms with Crippen LogP contribution in [0.2, 0.25) is 0 Å². The molecule has 6 nitrogen and oxygen atoms in total. The Morgan fingerprint density at radius 3 is 2.84 bits per heavy atom. The highest BCUT2D eigenvalue weighted by Gasteiger charge is 2.26. The van der Waals surface area contributed by atoms with Crippen molar-refractivity contribution in [1.82, 2.24) is 0 Å². The Hall–Kier alpha value is -1.76. The SMILES string of the molecule is CCCS(=O)(=O)Nc1cccc2c1NC(=O)C(C)O2. The van der Waals surface area contributed by atoms with E-state index in [0.29, 0.717) is 23.5 Å². The molecule has 1 heterocycles. The highest BCUT2D eigenvalue weighted by Crippen LogP contribution is 2.36. The normalized spacial score (nSPS) is 18.2. The lowest BCUT2D eigenvalue weighted by molar-refractivity contribution is -0.122. The number of carbonyl (C=O) groups is 1. The van der Waals surface area contributed by atoms with Crippen LogP contribution in [0.3, 0.4) is 0 Å². The molecule has 0 saturated carbocycles. The van der Waals surface area contributed by atoms with E-state index in [2.05, 4.69) is 10.0 Å². The molecule has 2 N–H and O–H groups in total. The van der Waals surface area contributed by atoms with Gasteiger partial charge in [0.15, 0.2) is 6.10 Å². The van der Waals surface area contributed by atoms with E-state index in [9.17, 15) is 13.2 Å². The molecule has 2 rings (SSSR count). The molecule has 0 spiro atoms. The van der Waals surface area contributed by atoms with Gasteiger partial charge in [0.05, 0.1) is 11.4 Å². The third kappa shape index (κ3) is 2.98. The predicted octanol–water partition coefficient (Wildman–Crippen LogP) is 1.56. The number of amides is 1. The van der Waals surface area contributed by atoms with Crippen molar-refractivity contribution in [2.24, 2.45) is 0 Å². The Morgan fingerprint density at radius 1 is 1.42 bits per heavy atom. The average Bonchev–Trinajstić information content (AvgIpc) is 2.31. The Morgan fingerprint density at radius 2 is 2.16 bits per heavy atom. The van der Waals surface area contributed by atoms with Crippen molar-refractivity contribution in [2.75, 3.05) is 15.8 Å². The number of benzene rings is 1. The van der Waals surface area contributed by atoms with Crippen LogP contribution < -0.4 is 14.8 Å². The number of hydrogen-bond acceptors (Lipinski definition) is 4. The number of carbonyl (C=O) groups excluding carboxylic acids is 1. The summed E-state index contributed by atoms with van der Waals surface area (Å²) in [6.07, 6.45) is -0.0699. The van der Waals surface area contributed by atoms with Crippen LogP contribution in [0.15, 0.2) is 18.2 Å². The molecular formula is C12H16N2O4S. The maximum atomic E-state index is 11.8. The largest absolute Gasteiger partial charge is 0.479 e. The summed E-state index contributed by atoms with van der Waals surface area (Å²) in [6.45, 7) is 3.42. The van der Waals surface area contributed by atoms with Gasteiger partial charge in [-0.1, -0.05) is 13.0 Å². The van der Waals surface area contributed by atoms with Gasteiger partial charge in [-0.2, -0.15) is 0 Å². The number of sulfonamides is 1. The van der Waals surface area contributed by atoms with E-state index in [1.165, 1.54) is 0 Å². The van der Waals surface area contributed by atoms with Gasteiger partial charge in [0.25, 0.3) is 5.91 Å². The van der Waals surface area contributed by atoms with Crippen LogP contribution in [-0.2, 0) is 14.8 Å². The zero-order chi connectivity index (χ0) is 14.0. The van der Waals surface area contributed by atoms with E-state index in [1.54, 1.807) is 32.0 Å². The summed E-state index contributed by atoms with van der Waals surface area (Å²) in [4.78, 5) is 11.6. The van der Waals surface area contributed by atoms with Crippen molar-refractivity contribution in [3.05, 3.63) is 18.2 Å². The van der Waals surface area contributed by atoms with Crippen LogP contribution >= 0.6 is 0 Å². The monoisotopic (exact) mass is 284 g/mol. The van der Waals surface area contributed by atoms with E-state index in [-0.39, 0.29) is 11.7 Å². The fraction of sp³-hybridized carbons (Fsp3) is 0.417. The van der Waals surface area contributed by atoms with Crippen molar-refractivity contribution >= 4 is 27.3 Å². The molecular weight excluding hydrogens is 268 g/mol. The van der Waals surface area contributed by atoms with Gasteiger partial charge in [0, 0.05) is 0 Å². The Kier molecular flexibility index (Phi) is 3.66. The quantitative estimate of drug-likeness (QED) is 0.878. The Labute approximate surface area is 112 Å². The van der Waals surface area contributed by atoms with Crippen molar-refractivity contribution in [3.63, 3.8) is 0 Å². The summed E-state index contributed by atoms with van der Waals surface area (Å²) >= 11 is 0. The average molecular weight is 284 g/mol. The molecule has 0 radical (unpaired) electrons. The molecule has 1 atom stereocenters. The highest BCUT2D eigenvalue weighted by atomic mass is 32.2. The van der Waals surface area contributed by atoms with E-state index in [0.717, 1.165) is 0 Å². The summed E-state index contributed by atoms with van der Waals surface area (Å²) in [5.41, 5.74) is 0.691. The van der Waals surface area contributed by atoms with Gasteiger partial charge in [-0.3, -0.25) is 9.52 Å². The Bertz CT molecular complexity index is 598. The van der Waals surface area contributed by atoms with Gasteiger partial charge < -0.3 is 10.1 Å². The fourth-order valence-corrected chi connectivity index (χ4v) is 2.94. The van der Waals surface area contributed by atoms with E-state index < -0.39 is 16.1 Å². The molecule has 19 heavy (non-hydrogen) atoms. The molecule has 1 aromatic carbocycles. The first kappa shape index (κ1) is 13.7. The molecule has 0 saturated heterocycles. The van der Waals surface area contributed by atoms with Crippen LogP contribution in [0.1, 0.15) is 20.3 Å². The first-order valence-electron chi connectivity index (χ1n) is 6.04. The molecule has 1 amide bonds. The van der Waals surface area contributed by atoms with Crippen molar-refractivity contribution in [2.45, 2.75) is 26.4 Å². The lowest BCUT2D eigenvalue weighted by Gasteiger charge is -2.25. The molecule has 0 aliphatic carbocycles. The second-order valence-electron chi connectivity index (χ2n) is 4.35. The third-order valence-electron chi connectivity index (χ3n) is 2.69. The second-order valence-corrected chi connectivity index (χ2v) is 6.19. The lowest BCUT2D eigenvalue weighted by Crippen LogP contribution is -2.35. The summed E-state index contributed by atoms with van der Waals surface area (Å²) in [6, 6.07) is 4.95. The molecule has 0 bridgehead atoms. The number of ether oxygens (including phenoxy) is 1. The maximum absolute atomic E-state index is 11.8. The second kappa shape index (κ2) is 5.08. The zero-order valence-electron chi connectivity index (χ0n) is 10.8. The number of nitrogens with one attached hydrogen (secondary N) is 2. The van der Waals surface area contributed by atoms with Crippen molar-refractivity contribution in [1.29, 1.82) is 0 Å². The van der Waals surface area contributed by atoms with E-state index in [4.69, 9.17) is 4.74 Å². The lowest BCUT2D eigenvalue weighted by atomic mass is 10.2. The smallest absolute Gasteiger partial charge is 0.265 e. The summed E-state index contributed by atoms with van der Waals surface area (Å²) in [7, 11) is -3.41. The van der Waals surface area contributed by atoms with Crippen LogP contribution in [0.25, 0.3) is 0 Å². The minimum absolute atomic E-state index is 0.0296. The molecule has 0 aromatic heterocycles. The number of anilines is 2. The standard InChI is InChI=1S/C12H16N2O4S/c1-3-7-19(16,17)14-9-5-4-6-10-11(9)13-12(15)8(2)18-10/h4-6,8,14H,3,7H2,1-2H3,(H,13,15). The van der Waals surface area contributed by atoms with E-state index in [1.807, 2.05) is 0 Å². The first-order valence-corrected chi connectivity index (χ1v) is 7.69. The van der Waals surface area contributed by atoms with Gasteiger partial charge in [0.1, 0.15) is 11.4 Å². The van der Waals surface area contributed by atoms with Gasteiger partial charge in [-0.05, 0) is 25.5 Å². The van der Waals surface area contributed by atoms with Gasteiger partial charge in [-0.15, -0.1) is 0 Å². The number of fused-ring (bicyclic) bond motifs is 1. The minimum atomic E-state index is -3.41. The highest BCUT2D eigenvalue weighted by molar-refractivity contribution is 7.92. The van der Waals surface area contributed by atoms with Crippen molar-refractivity contribution in [3.8, 4) is 5.75 Å². The minimum Gasteiger partial charge on any atom is -0.479 e. The van der Waals surface area contributed by atoms with Gasteiger partial charge in [0.2, 0.25) is 10.0 Å². The number of para-hydroxylation sites is 1.